The van der Waals surface area contributed by atoms with Crippen molar-refractivity contribution in [1.82, 2.24) is 9.97 Å². The van der Waals surface area contributed by atoms with Gasteiger partial charge in [-0.15, -0.1) is 11.3 Å². The Morgan fingerprint density at radius 1 is 1.50 bits per heavy atom. The molecule has 0 aliphatic carbocycles. The lowest BCUT2D eigenvalue weighted by Crippen LogP contribution is -2.18. The summed E-state index contributed by atoms with van der Waals surface area (Å²) in [6, 6.07) is 4.04. The average molecular weight is 234 g/mol. The van der Waals surface area contributed by atoms with Gasteiger partial charge in [-0.2, -0.15) is 0 Å². The van der Waals surface area contributed by atoms with Gasteiger partial charge in [0.25, 0.3) is 5.56 Å². The van der Waals surface area contributed by atoms with E-state index in [0.717, 1.165) is 23.5 Å². The highest BCUT2D eigenvalue weighted by atomic mass is 32.1. The standard InChI is InChI=1S/C12H14N2OS/c1-3-11-13-8(2)10(12(15)14-11)7-9-5-4-6-16-9/h4-6H,3,7H2,1-2H3,(H,13,14,15). The van der Waals surface area contributed by atoms with Crippen LogP contribution in [0, 0.1) is 6.92 Å². The molecule has 0 bridgehead atoms. The number of aromatic amines is 1. The van der Waals surface area contributed by atoms with Gasteiger partial charge in [0.2, 0.25) is 0 Å². The Balaban J connectivity index is 2.38. The van der Waals surface area contributed by atoms with Gasteiger partial charge in [0.1, 0.15) is 5.82 Å². The highest BCUT2D eigenvalue weighted by Crippen LogP contribution is 2.14. The predicted molar refractivity (Wildman–Crippen MR) is 66.1 cm³/mol. The topological polar surface area (TPSA) is 45.8 Å². The van der Waals surface area contributed by atoms with Crippen molar-refractivity contribution >= 4 is 11.3 Å². The van der Waals surface area contributed by atoms with E-state index in [2.05, 4.69) is 9.97 Å². The monoisotopic (exact) mass is 234 g/mol. The number of thiophene rings is 1. The molecule has 0 fully saturated rings. The van der Waals surface area contributed by atoms with Crippen molar-refractivity contribution < 1.29 is 0 Å². The summed E-state index contributed by atoms with van der Waals surface area (Å²) in [5.74, 6) is 0.762. The van der Waals surface area contributed by atoms with Crippen LogP contribution in [0.2, 0.25) is 0 Å². The van der Waals surface area contributed by atoms with Crippen molar-refractivity contribution in [3.63, 3.8) is 0 Å². The highest BCUT2D eigenvalue weighted by molar-refractivity contribution is 7.09. The first-order valence-electron chi connectivity index (χ1n) is 5.31. The summed E-state index contributed by atoms with van der Waals surface area (Å²) in [7, 11) is 0. The number of aromatic nitrogens is 2. The van der Waals surface area contributed by atoms with E-state index in [1.165, 1.54) is 4.88 Å². The van der Waals surface area contributed by atoms with E-state index >= 15 is 0 Å². The summed E-state index contributed by atoms with van der Waals surface area (Å²) in [5.41, 5.74) is 1.62. The van der Waals surface area contributed by atoms with Gasteiger partial charge in [-0.05, 0) is 18.4 Å². The quantitative estimate of drug-likeness (QED) is 0.885. The Labute approximate surface area is 98.2 Å². The molecular weight excluding hydrogens is 220 g/mol. The minimum absolute atomic E-state index is 0.00208. The second kappa shape index (κ2) is 4.61. The maximum atomic E-state index is 11.9. The highest BCUT2D eigenvalue weighted by Gasteiger charge is 2.08. The van der Waals surface area contributed by atoms with Crippen LogP contribution in [0.1, 0.15) is 28.9 Å². The third-order valence-electron chi connectivity index (χ3n) is 2.54. The van der Waals surface area contributed by atoms with E-state index in [-0.39, 0.29) is 5.56 Å². The van der Waals surface area contributed by atoms with Crippen molar-refractivity contribution in [2.45, 2.75) is 26.7 Å². The molecule has 2 heterocycles. The zero-order valence-corrected chi connectivity index (χ0v) is 10.2. The Morgan fingerprint density at radius 3 is 2.88 bits per heavy atom. The molecule has 3 nitrogen and oxygen atoms in total. The first-order valence-corrected chi connectivity index (χ1v) is 6.19. The van der Waals surface area contributed by atoms with Crippen LogP contribution in [0.4, 0.5) is 0 Å². The van der Waals surface area contributed by atoms with E-state index in [1.807, 2.05) is 31.4 Å². The van der Waals surface area contributed by atoms with E-state index < -0.39 is 0 Å². The van der Waals surface area contributed by atoms with Gasteiger partial charge in [-0.3, -0.25) is 4.79 Å². The minimum Gasteiger partial charge on any atom is -0.310 e. The molecule has 0 radical (unpaired) electrons. The van der Waals surface area contributed by atoms with E-state index in [9.17, 15) is 4.79 Å². The Bertz CT molecular complexity index is 528. The molecular formula is C12H14N2OS. The van der Waals surface area contributed by atoms with Crippen LogP contribution in [-0.4, -0.2) is 9.97 Å². The van der Waals surface area contributed by atoms with Gasteiger partial charge in [-0.1, -0.05) is 13.0 Å². The Morgan fingerprint density at radius 2 is 2.31 bits per heavy atom. The number of hydrogen-bond acceptors (Lipinski definition) is 3. The number of rotatable bonds is 3. The van der Waals surface area contributed by atoms with E-state index in [0.29, 0.717) is 6.42 Å². The zero-order valence-electron chi connectivity index (χ0n) is 9.41. The largest absolute Gasteiger partial charge is 0.310 e. The SMILES string of the molecule is CCc1nc(C)c(Cc2cccs2)c(=O)[nH]1. The normalized spacial score (nSPS) is 10.6. The van der Waals surface area contributed by atoms with Crippen molar-refractivity contribution in [3.05, 3.63) is 49.8 Å². The van der Waals surface area contributed by atoms with Crippen LogP contribution in [0.15, 0.2) is 22.3 Å². The van der Waals surface area contributed by atoms with Gasteiger partial charge >= 0.3 is 0 Å². The van der Waals surface area contributed by atoms with Crippen molar-refractivity contribution in [3.8, 4) is 0 Å². The summed E-state index contributed by atoms with van der Waals surface area (Å²) < 4.78 is 0. The van der Waals surface area contributed by atoms with Crippen LogP contribution in [-0.2, 0) is 12.8 Å². The number of nitrogens with zero attached hydrogens (tertiary/aromatic N) is 1. The maximum Gasteiger partial charge on any atom is 0.254 e. The van der Waals surface area contributed by atoms with Gasteiger partial charge in [-0.25, -0.2) is 4.98 Å². The van der Waals surface area contributed by atoms with Crippen molar-refractivity contribution in [2.24, 2.45) is 0 Å². The van der Waals surface area contributed by atoms with E-state index in [4.69, 9.17) is 0 Å². The van der Waals surface area contributed by atoms with E-state index in [1.54, 1.807) is 11.3 Å². The zero-order chi connectivity index (χ0) is 11.5. The third kappa shape index (κ3) is 2.22. The molecule has 2 aromatic rings. The molecule has 0 aromatic carbocycles. The number of hydrogen-bond donors (Lipinski definition) is 1. The summed E-state index contributed by atoms with van der Waals surface area (Å²) >= 11 is 1.66. The van der Waals surface area contributed by atoms with Crippen LogP contribution in [0.5, 0.6) is 0 Å². The first kappa shape index (κ1) is 11.1. The molecule has 16 heavy (non-hydrogen) atoms. The lowest BCUT2D eigenvalue weighted by atomic mass is 10.1. The van der Waals surface area contributed by atoms with Gasteiger partial charge in [0.15, 0.2) is 0 Å². The van der Waals surface area contributed by atoms with Gasteiger partial charge in [0.05, 0.1) is 0 Å². The molecule has 0 aliphatic rings. The molecule has 0 saturated heterocycles. The lowest BCUT2D eigenvalue weighted by molar-refractivity contribution is 0.871. The fourth-order valence-corrected chi connectivity index (χ4v) is 2.35. The van der Waals surface area contributed by atoms with Crippen molar-refractivity contribution in [2.75, 3.05) is 0 Å². The number of aryl methyl sites for hydroxylation is 2. The molecule has 84 valence electrons. The van der Waals surface area contributed by atoms with Crippen molar-refractivity contribution in [1.29, 1.82) is 0 Å². The fourth-order valence-electron chi connectivity index (χ4n) is 1.63. The fraction of sp³-hybridized carbons (Fsp3) is 0.333. The molecule has 1 N–H and O–H groups in total. The molecule has 0 unspecified atom stereocenters. The van der Waals surface area contributed by atoms with Crippen LogP contribution in [0.25, 0.3) is 0 Å². The Kier molecular flexibility index (Phi) is 3.19. The smallest absolute Gasteiger partial charge is 0.254 e. The number of H-pyrrole nitrogens is 1. The molecule has 0 spiro atoms. The summed E-state index contributed by atoms with van der Waals surface area (Å²) in [6.45, 7) is 3.88. The maximum absolute atomic E-state index is 11.9. The minimum atomic E-state index is -0.00208. The predicted octanol–water partition coefficient (Wildman–Crippen LogP) is 2.29. The van der Waals surface area contributed by atoms with Gasteiger partial charge in [0, 0.05) is 29.0 Å². The molecule has 0 atom stereocenters. The summed E-state index contributed by atoms with van der Waals surface area (Å²) in [4.78, 5) is 20.2. The molecule has 0 amide bonds. The molecule has 4 heteroatoms. The molecule has 0 saturated carbocycles. The summed E-state index contributed by atoms with van der Waals surface area (Å²) in [5, 5.41) is 2.02. The second-order valence-electron chi connectivity index (χ2n) is 3.69. The van der Waals surface area contributed by atoms with Crippen LogP contribution in [0.3, 0.4) is 0 Å². The number of nitrogens with one attached hydrogen (secondary N) is 1. The first-order chi connectivity index (χ1) is 7.70. The molecule has 0 aliphatic heterocycles. The van der Waals surface area contributed by atoms with Crippen LogP contribution >= 0.6 is 11.3 Å². The second-order valence-corrected chi connectivity index (χ2v) is 4.72. The average Bonchev–Trinajstić information content (AvgIpc) is 2.75. The third-order valence-corrected chi connectivity index (χ3v) is 3.41. The van der Waals surface area contributed by atoms with Crippen LogP contribution < -0.4 is 5.56 Å². The molecule has 2 aromatic heterocycles. The molecule has 2 rings (SSSR count). The van der Waals surface area contributed by atoms with Gasteiger partial charge < -0.3 is 4.98 Å². The lowest BCUT2D eigenvalue weighted by Gasteiger charge is -2.04. The summed E-state index contributed by atoms with van der Waals surface area (Å²) in [6.07, 6.45) is 1.44. The Hall–Kier alpha value is -1.42.